The van der Waals surface area contributed by atoms with Gasteiger partial charge in [0.25, 0.3) is 0 Å². The van der Waals surface area contributed by atoms with Crippen LogP contribution in [0.2, 0.25) is 5.15 Å². The van der Waals surface area contributed by atoms with Crippen molar-refractivity contribution in [2.24, 2.45) is 5.92 Å². The van der Waals surface area contributed by atoms with Gasteiger partial charge in [-0.2, -0.15) is 0 Å². The van der Waals surface area contributed by atoms with Crippen molar-refractivity contribution in [3.8, 4) is 5.75 Å². The van der Waals surface area contributed by atoms with Gasteiger partial charge in [-0.05, 0) is 42.5 Å². The Balaban J connectivity index is 2.18. The molecule has 6 heteroatoms. The van der Waals surface area contributed by atoms with Gasteiger partial charge in [0.2, 0.25) is 0 Å². The van der Waals surface area contributed by atoms with Gasteiger partial charge >= 0.3 is 6.09 Å². The number of halogens is 1. The minimum atomic E-state index is -1.06. The zero-order valence-electron chi connectivity index (χ0n) is 12.8. The summed E-state index contributed by atoms with van der Waals surface area (Å²) >= 11 is 6.03. The number of nitrogens with zero attached hydrogens (tertiary/aromatic N) is 1. The fourth-order valence-corrected chi connectivity index (χ4v) is 2.26. The largest absolute Gasteiger partial charge is 0.491 e. The Morgan fingerprint density at radius 1 is 1.45 bits per heavy atom. The molecule has 0 saturated heterocycles. The van der Waals surface area contributed by atoms with E-state index in [1.165, 1.54) is 0 Å². The number of nitrogens with one attached hydrogen (secondary N) is 1. The maximum atomic E-state index is 11.0. The molecule has 5 nitrogen and oxygen atoms in total. The van der Waals surface area contributed by atoms with E-state index in [4.69, 9.17) is 21.4 Å². The first-order valence-electron chi connectivity index (χ1n) is 7.00. The van der Waals surface area contributed by atoms with Gasteiger partial charge in [0.05, 0.1) is 5.54 Å². The van der Waals surface area contributed by atoms with Crippen LogP contribution < -0.4 is 10.1 Å². The second kappa shape index (κ2) is 6.40. The molecule has 118 valence electrons. The minimum Gasteiger partial charge on any atom is -0.491 e. The average Bonchev–Trinajstić information content (AvgIpc) is 2.44. The molecule has 1 unspecified atom stereocenters. The summed E-state index contributed by atoms with van der Waals surface area (Å²) in [4.78, 5) is 15.0. The van der Waals surface area contributed by atoms with Gasteiger partial charge in [0.1, 0.15) is 17.5 Å². The van der Waals surface area contributed by atoms with Crippen molar-refractivity contribution in [3.05, 3.63) is 35.6 Å². The number of aromatic nitrogens is 1. The zero-order valence-corrected chi connectivity index (χ0v) is 13.5. The normalized spacial score (nSPS) is 13.9. The third-order valence-electron chi connectivity index (χ3n) is 3.89. The molecule has 0 aliphatic carbocycles. The van der Waals surface area contributed by atoms with Crippen molar-refractivity contribution in [3.63, 3.8) is 0 Å². The van der Waals surface area contributed by atoms with Crippen LogP contribution in [0.5, 0.6) is 5.75 Å². The second-order valence-electron chi connectivity index (χ2n) is 5.78. The van der Waals surface area contributed by atoms with Gasteiger partial charge in [0.15, 0.2) is 0 Å². The monoisotopic (exact) mass is 322 g/mol. The van der Waals surface area contributed by atoms with Crippen LogP contribution in [0.4, 0.5) is 4.79 Å². The molecular weight excluding hydrogens is 304 g/mol. The summed E-state index contributed by atoms with van der Waals surface area (Å²) in [5, 5.41) is 13.7. The lowest BCUT2D eigenvalue weighted by molar-refractivity contribution is 0.130. The molecular formula is C16H19ClN2O3. The predicted molar refractivity (Wildman–Crippen MR) is 86.7 cm³/mol. The zero-order chi connectivity index (χ0) is 16.3. The number of pyridine rings is 1. The van der Waals surface area contributed by atoms with Crippen LogP contribution in [0, 0.1) is 5.92 Å². The van der Waals surface area contributed by atoms with E-state index in [2.05, 4.69) is 10.3 Å². The van der Waals surface area contributed by atoms with Gasteiger partial charge in [-0.1, -0.05) is 25.4 Å². The lowest BCUT2D eigenvalue weighted by Crippen LogP contribution is -2.53. The van der Waals surface area contributed by atoms with Crippen molar-refractivity contribution in [1.29, 1.82) is 0 Å². The van der Waals surface area contributed by atoms with Gasteiger partial charge in [0, 0.05) is 11.6 Å². The van der Waals surface area contributed by atoms with E-state index in [0.717, 1.165) is 10.8 Å². The maximum Gasteiger partial charge on any atom is 0.405 e. The Bertz CT molecular complexity index is 690. The Hall–Kier alpha value is -2.01. The standard InChI is InChI=1S/C16H19ClN2O3/c1-10(2)16(3,19-15(20)21)9-22-12-4-5-13-11(8-12)6-7-18-14(13)17/h4-8,10,19H,9H2,1-3H3,(H,20,21). The van der Waals surface area contributed by atoms with Gasteiger partial charge in [-0.25, -0.2) is 9.78 Å². The topological polar surface area (TPSA) is 71.5 Å². The van der Waals surface area contributed by atoms with Crippen molar-refractivity contribution in [2.45, 2.75) is 26.3 Å². The number of fused-ring (bicyclic) bond motifs is 1. The molecule has 1 amide bonds. The Morgan fingerprint density at radius 3 is 2.82 bits per heavy atom. The van der Waals surface area contributed by atoms with E-state index in [-0.39, 0.29) is 12.5 Å². The van der Waals surface area contributed by atoms with E-state index in [1.807, 2.05) is 39.0 Å². The quantitative estimate of drug-likeness (QED) is 0.818. The third kappa shape index (κ3) is 3.60. The summed E-state index contributed by atoms with van der Waals surface area (Å²) in [6.07, 6.45) is 0.578. The molecule has 0 fully saturated rings. The number of benzene rings is 1. The number of ether oxygens (including phenoxy) is 1. The predicted octanol–water partition coefficient (Wildman–Crippen LogP) is 3.95. The summed E-state index contributed by atoms with van der Waals surface area (Å²) < 4.78 is 5.79. The molecule has 0 bridgehead atoms. The van der Waals surface area contributed by atoms with Crippen molar-refractivity contribution in [1.82, 2.24) is 10.3 Å². The van der Waals surface area contributed by atoms with E-state index >= 15 is 0 Å². The second-order valence-corrected chi connectivity index (χ2v) is 6.13. The summed E-state index contributed by atoms with van der Waals surface area (Å²) in [6, 6.07) is 7.37. The summed E-state index contributed by atoms with van der Waals surface area (Å²) in [5.41, 5.74) is -0.670. The highest BCUT2D eigenvalue weighted by Gasteiger charge is 2.31. The molecule has 22 heavy (non-hydrogen) atoms. The molecule has 0 spiro atoms. The first-order valence-corrected chi connectivity index (χ1v) is 7.38. The van der Waals surface area contributed by atoms with Crippen molar-refractivity contribution in [2.75, 3.05) is 6.61 Å². The smallest absolute Gasteiger partial charge is 0.405 e. The molecule has 2 aromatic rings. The SMILES string of the molecule is CC(C)C(C)(COc1ccc2c(Cl)nccc2c1)NC(=O)O. The van der Waals surface area contributed by atoms with E-state index in [0.29, 0.717) is 10.9 Å². The van der Waals surface area contributed by atoms with Gasteiger partial charge in [-0.15, -0.1) is 0 Å². The number of rotatable bonds is 5. The minimum absolute atomic E-state index is 0.0858. The van der Waals surface area contributed by atoms with Crippen molar-refractivity contribution < 1.29 is 14.6 Å². The van der Waals surface area contributed by atoms with E-state index in [9.17, 15) is 4.79 Å². The molecule has 1 heterocycles. The summed E-state index contributed by atoms with van der Waals surface area (Å²) in [6.45, 7) is 5.96. The fraction of sp³-hybridized carbons (Fsp3) is 0.375. The molecule has 0 radical (unpaired) electrons. The molecule has 1 atom stereocenters. The number of amides is 1. The molecule has 1 aromatic carbocycles. The van der Waals surface area contributed by atoms with Crippen LogP contribution in [0.25, 0.3) is 10.8 Å². The number of carbonyl (C=O) groups is 1. The van der Waals surface area contributed by atoms with Crippen LogP contribution in [-0.2, 0) is 0 Å². The Kier molecular flexibility index (Phi) is 4.76. The first kappa shape index (κ1) is 16.4. The average molecular weight is 323 g/mol. The molecule has 0 aliphatic rings. The van der Waals surface area contributed by atoms with Crippen LogP contribution in [0.15, 0.2) is 30.5 Å². The van der Waals surface area contributed by atoms with E-state index < -0.39 is 11.6 Å². The van der Waals surface area contributed by atoms with Crippen LogP contribution in [0.1, 0.15) is 20.8 Å². The lowest BCUT2D eigenvalue weighted by Gasteiger charge is -2.33. The Labute approximate surface area is 134 Å². The van der Waals surface area contributed by atoms with Gasteiger partial charge < -0.3 is 15.2 Å². The Morgan fingerprint density at radius 2 is 2.18 bits per heavy atom. The van der Waals surface area contributed by atoms with Gasteiger partial charge in [-0.3, -0.25) is 0 Å². The lowest BCUT2D eigenvalue weighted by atomic mass is 9.89. The van der Waals surface area contributed by atoms with Crippen LogP contribution in [0.3, 0.4) is 0 Å². The van der Waals surface area contributed by atoms with Crippen LogP contribution in [-0.4, -0.2) is 28.3 Å². The summed E-state index contributed by atoms with van der Waals surface area (Å²) in [7, 11) is 0. The molecule has 2 N–H and O–H groups in total. The summed E-state index contributed by atoms with van der Waals surface area (Å²) in [5.74, 6) is 0.747. The fourth-order valence-electron chi connectivity index (χ4n) is 2.03. The number of hydrogen-bond acceptors (Lipinski definition) is 3. The van der Waals surface area contributed by atoms with Crippen LogP contribution >= 0.6 is 11.6 Å². The maximum absolute atomic E-state index is 11.0. The molecule has 2 rings (SSSR count). The highest BCUT2D eigenvalue weighted by molar-refractivity contribution is 6.34. The number of hydrogen-bond donors (Lipinski definition) is 2. The molecule has 0 aliphatic heterocycles. The third-order valence-corrected chi connectivity index (χ3v) is 4.19. The first-order chi connectivity index (χ1) is 10.3. The highest BCUT2D eigenvalue weighted by atomic mass is 35.5. The molecule has 1 aromatic heterocycles. The molecule has 0 saturated carbocycles. The number of carboxylic acid groups (broad SMARTS) is 1. The van der Waals surface area contributed by atoms with Crippen molar-refractivity contribution >= 4 is 28.5 Å². The van der Waals surface area contributed by atoms with E-state index in [1.54, 1.807) is 12.3 Å². The highest BCUT2D eigenvalue weighted by Crippen LogP contribution is 2.26.